The second-order valence-corrected chi connectivity index (χ2v) is 4.90. The van der Waals surface area contributed by atoms with Gasteiger partial charge in [-0.15, -0.1) is 11.3 Å². The Morgan fingerprint density at radius 3 is 2.88 bits per heavy atom. The number of carbonyl (C=O) groups is 1. The number of hydrogen-bond donors (Lipinski definition) is 0. The summed E-state index contributed by atoms with van der Waals surface area (Å²) in [6.07, 6.45) is 0.543. The van der Waals surface area contributed by atoms with Gasteiger partial charge in [-0.2, -0.15) is 0 Å². The molecule has 0 bridgehead atoms. The highest BCUT2D eigenvalue weighted by Gasteiger charge is 2.26. The highest BCUT2D eigenvalue weighted by molar-refractivity contribution is 7.09. The van der Waals surface area contributed by atoms with E-state index in [-0.39, 0.29) is 5.91 Å². The van der Waals surface area contributed by atoms with Crippen LogP contribution >= 0.6 is 11.3 Å². The molecule has 0 saturated heterocycles. The lowest BCUT2D eigenvalue weighted by Gasteiger charge is -2.16. The van der Waals surface area contributed by atoms with Crippen molar-refractivity contribution in [1.82, 2.24) is 0 Å². The minimum Gasteiger partial charge on any atom is -0.307 e. The average Bonchev–Trinajstić information content (AvgIpc) is 2.89. The fraction of sp³-hybridized carbons (Fsp3) is 0.154. The topological polar surface area (TPSA) is 20.3 Å². The van der Waals surface area contributed by atoms with Crippen molar-refractivity contribution in [1.29, 1.82) is 0 Å². The molecule has 1 amide bonds. The van der Waals surface area contributed by atoms with Crippen LogP contribution in [0.4, 0.5) is 5.69 Å². The van der Waals surface area contributed by atoms with Crippen LogP contribution < -0.4 is 4.90 Å². The smallest absolute Gasteiger partial charge is 0.231 e. The molecule has 1 aliphatic rings. The van der Waals surface area contributed by atoms with Gasteiger partial charge in [-0.05, 0) is 23.1 Å². The van der Waals surface area contributed by atoms with E-state index in [0.29, 0.717) is 13.0 Å². The minimum absolute atomic E-state index is 0.203. The van der Waals surface area contributed by atoms with E-state index in [4.69, 9.17) is 0 Å². The van der Waals surface area contributed by atoms with Crippen LogP contribution in [0.25, 0.3) is 0 Å². The van der Waals surface area contributed by atoms with Gasteiger partial charge in [0, 0.05) is 10.6 Å². The van der Waals surface area contributed by atoms with Crippen molar-refractivity contribution in [2.45, 2.75) is 13.0 Å². The number of benzene rings is 1. The lowest BCUT2D eigenvalue weighted by molar-refractivity contribution is -0.117. The summed E-state index contributed by atoms with van der Waals surface area (Å²) in [5.41, 5.74) is 2.21. The molecule has 2 heterocycles. The molecule has 16 heavy (non-hydrogen) atoms. The molecule has 0 saturated carbocycles. The summed E-state index contributed by atoms with van der Waals surface area (Å²) in [5, 5.41) is 2.04. The number of hydrogen-bond acceptors (Lipinski definition) is 2. The predicted molar refractivity (Wildman–Crippen MR) is 65.7 cm³/mol. The monoisotopic (exact) mass is 229 g/mol. The molecule has 3 rings (SSSR count). The van der Waals surface area contributed by atoms with Crippen molar-refractivity contribution < 1.29 is 4.79 Å². The Bertz CT molecular complexity index is 518. The first-order chi connectivity index (χ1) is 7.84. The lowest BCUT2D eigenvalue weighted by Crippen LogP contribution is -2.25. The van der Waals surface area contributed by atoms with Gasteiger partial charge in [-0.25, -0.2) is 0 Å². The SMILES string of the molecule is O=C1Cc2ccccc2N1Cc1cccs1. The lowest BCUT2D eigenvalue weighted by atomic mass is 10.2. The van der Waals surface area contributed by atoms with E-state index in [2.05, 4.69) is 6.07 Å². The quantitative estimate of drug-likeness (QED) is 0.775. The molecule has 1 aromatic carbocycles. The van der Waals surface area contributed by atoms with Crippen LogP contribution in [-0.2, 0) is 17.8 Å². The number of carbonyl (C=O) groups excluding carboxylic acids is 1. The van der Waals surface area contributed by atoms with Crippen LogP contribution in [0.2, 0.25) is 0 Å². The summed E-state index contributed by atoms with van der Waals surface area (Å²) in [6.45, 7) is 0.702. The summed E-state index contributed by atoms with van der Waals surface area (Å²) in [5.74, 6) is 0.203. The third kappa shape index (κ3) is 1.53. The van der Waals surface area contributed by atoms with Crippen molar-refractivity contribution in [2.24, 2.45) is 0 Å². The Balaban J connectivity index is 1.93. The summed E-state index contributed by atoms with van der Waals surface area (Å²) in [6, 6.07) is 12.1. The fourth-order valence-corrected chi connectivity index (χ4v) is 2.74. The van der Waals surface area contributed by atoms with Crippen LogP contribution in [0, 0.1) is 0 Å². The molecular weight excluding hydrogens is 218 g/mol. The summed E-state index contributed by atoms with van der Waals surface area (Å²) < 4.78 is 0. The summed E-state index contributed by atoms with van der Waals surface area (Å²) in [4.78, 5) is 15.0. The molecule has 0 unspecified atom stereocenters. The summed E-state index contributed by atoms with van der Waals surface area (Å²) >= 11 is 1.69. The summed E-state index contributed by atoms with van der Waals surface area (Å²) in [7, 11) is 0. The van der Waals surface area contributed by atoms with Gasteiger partial charge in [0.05, 0.1) is 13.0 Å². The fourth-order valence-electron chi connectivity index (χ4n) is 2.05. The first-order valence-corrected chi connectivity index (χ1v) is 6.13. The Hall–Kier alpha value is -1.61. The van der Waals surface area contributed by atoms with Crippen LogP contribution in [0.3, 0.4) is 0 Å². The molecule has 2 aromatic rings. The highest BCUT2D eigenvalue weighted by atomic mass is 32.1. The second-order valence-electron chi connectivity index (χ2n) is 3.86. The Labute approximate surface area is 98.1 Å². The maximum absolute atomic E-state index is 11.9. The van der Waals surface area contributed by atoms with E-state index in [1.165, 1.54) is 4.88 Å². The molecule has 3 heteroatoms. The number of para-hydroxylation sites is 1. The van der Waals surface area contributed by atoms with Gasteiger partial charge in [0.2, 0.25) is 5.91 Å². The zero-order valence-electron chi connectivity index (χ0n) is 8.72. The van der Waals surface area contributed by atoms with Crippen LogP contribution in [-0.4, -0.2) is 5.91 Å². The number of thiophene rings is 1. The van der Waals surface area contributed by atoms with Gasteiger partial charge in [-0.1, -0.05) is 24.3 Å². The van der Waals surface area contributed by atoms with E-state index >= 15 is 0 Å². The maximum Gasteiger partial charge on any atom is 0.231 e. The number of rotatable bonds is 2. The molecule has 80 valence electrons. The Morgan fingerprint density at radius 1 is 1.19 bits per heavy atom. The molecule has 0 N–H and O–H groups in total. The largest absolute Gasteiger partial charge is 0.307 e. The van der Waals surface area contributed by atoms with Crippen LogP contribution in [0.1, 0.15) is 10.4 Å². The third-order valence-corrected chi connectivity index (χ3v) is 3.68. The van der Waals surface area contributed by atoms with Gasteiger partial charge < -0.3 is 4.90 Å². The van der Waals surface area contributed by atoms with Crippen molar-refractivity contribution >= 4 is 22.9 Å². The van der Waals surface area contributed by atoms with E-state index < -0.39 is 0 Å². The zero-order valence-corrected chi connectivity index (χ0v) is 9.54. The van der Waals surface area contributed by atoms with E-state index in [9.17, 15) is 4.79 Å². The van der Waals surface area contributed by atoms with Crippen molar-refractivity contribution in [3.63, 3.8) is 0 Å². The molecule has 0 fully saturated rings. The number of nitrogens with zero attached hydrogens (tertiary/aromatic N) is 1. The zero-order chi connectivity index (χ0) is 11.0. The molecule has 0 radical (unpaired) electrons. The minimum atomic E-state index is 0.203. The second kappa shape index (κ2) is 3.76. The Morgan fingerprint density at radius 2 is 2.06 bits per heavy atom. The van der Waals surface area contributed by atoms with Gasteiger partial charge in [-0.3, -0.25) is 4.79 Å². The van der Waals surface area contributed by atoms with Crippen molar-refractivity contribution in [2.75, 3.05) is 4.90 Å². The average molecular weight is 229 g/mol. The first kappa shape index (κ1) is 9.60. The number of anilines is 1. The molecule has 0 spiro atoms. The molecular formula is C13H11NOS. The van der Waals surface area contributed by atoms with Crippen molar-refractivity contribution in [3.05, 3.63) is 52.2 Å². The number of fused-ring (bicyclic) bond motifs is 1. The van der Waals surface area contributed by atoms with Crippen LogP contribution in [0.5, 0.6) is 0 Å². The molecule has 0 aliphatic carbocycles. The van der Waals surface area contributed by atoms with E-state index in [1.807, 2.05) is 40.6 Å². The van der Waals surface area contributed by atoms with E-state index in [0.717, 1.165) is 11.3 Å². The van der Waals surface area contributed by atoms with Gasteiger partial charge in [0.1, 0.15) is 0 Å². The standard InChI is InChI=1S/C13H11NOS/c15-13-8-10-4-1-2-6-12(10)14(13)9-11-5-3-7-16-11/h1-7H,8-9H2. The molecule has 1 aliphatic heterocycles. The van der Waals surface area contributed by atoms with Gasteiger partial charge >= 0.3 is 0 Å². The van der Waals surface area contributed by atoms with Crippen LogP contribution in [0.15, 0.2) is 41.8 Å². The maximum atomic E-state index is 11.9. The van der Waals surface area contributed by atoms with Gasteiger partial charge in [0.25, 0.3) is 0 Å². The third-order valence-electron chi connectivity index (χ3n) is 2.82. The first-order valence-electron chi connectivity index (χ1n) is 5.25. The Kier molecular flexibility index (Phi) is 2.26. The number of amides is 1. The highest BCUT2D eigenvalue weighted by Crippen LogP contribution is 2.30. The van der Waals surface area contributed by atoms with Crippen molar-refractivity contribution in [3.8, 4) is 0 Å². The molecule has 1 aromatic heterocycles. The predicted octanol–water partition coefficient (Wildman–Crippen LogP) is 2.84. The van der Waals surface area contributed by atoms with Gasteiger partial charge in [0.15, 0.2) is 0 Å². The van der Waals surface area contributed by atoms with E-state index in [1.54, 1.807) is 11.3 Å². The molecule has 0 atom stereocenters. The molecule has 2 nitrogen and oxygen atoms in total. The normalized spacial score (nSPS) is 14.2.